The first kappa shape index (κ1) is 46.5. The highest BCUT2D eigenvalue weighted by molar-refractivity contribution is 7.86. The molecule has 0 aromatic heterocycles. The molecule has 1 fully saturated rings. The molecule has 2 amide bonds. The normalized spacial score (nSPS) is 20.0. The average Bonchev–Trinajstić information content (AvgIpc) is 3.67. The Morgan fingerprint density at radius 3 is 2.07 bits per heavy atom. The van der Waals surface area contributed by atoms with Crippen molar-refractivity contribution in [3.8, 4) is 0 Å². The average molecular weight is 891 g/mol. The molecule has 2 aromatic carbocycles. The minimum atomic E-state index is -4.53. The molecule has 326 valence electrons. The molecule has 0 saturated carbocycles. The van der Waals surface area contributed by atoms with Gasteiger partial charge in [0.1, 0.15) is 6.54 Å². The summed E-state index contributed by atoms with van der Waals surface area (Å²) in [5, 5.41) is 0.522. The number of hydrogen-bond donors (Lipinski definition) is 3. The summed E-state index contributed by atoms with van der Waals surface area (Å²) in [5.74, 6) is -2.28. The number of carbonyl (C=O) groups excluding carboxylic acids is 3. The molecular weight excluding hydrogens is 839 g/mol. The lowest BCUT2D eigenvalue weighted by atomic mass is 9.77. The summed E-state index contributed by atoms with van der Waals surface area (Å²) in [6.07, 6.45) is 13.1. The van der Waals surface area contributed by atoms with Gasteiger partial charge in [0.15, 0.2) is 5.71 Å². The van der Waals surface area contributed by atoms with Crippen molar-refractivity contribution < 1.29 is 62.7 Å². The second-order valence-corrected chi connectivity index (χ2v) is 20.3. The second kappa shape index (κ2) is 18.2. The van der Waals surface area contributed by atoms with E-state index in [2.05, 4.69) is 11.8 Å². The number of carbonyl (C=O) groups is 3. The van der Waals surface area contributed by atoms with Gasteiger partial charge in [-0.15, -0.1) is 5.06 Å². The van der Waals surface area contributed by atoms with Gasteiger partial charge in [0, 0.05) is 66.7 Å². The summed E-state index contributed by atoms with van der Waals surface area (Å²) in [5.41, 5.74) is 2.77. The molecular formula is C41H52N3O13S3+. The van der Waals surface area contributed by atoms with Crippen LogP contribution in [0.1, 0.15) is 103 Å². The van der Waals surface area contributed by atoms with E-state index in [4.69, 9.17) is 4.84 Å². The van der Waals surface area contributed by atoms with Gasteiger partial charge < -0.3 is 9.74 Å². The molecule has 3 aliphatic rings. The summed E-state index contributed by atoms with van der Waals surface area (Å²) in [7, 11) is -13.3. The number of rotatable bonds is 19. The number of unbranched alkanes of at least 4 members (excludes halogenated alkanes) is 3. The van der Waals surface area contributed by atoms with Gasteiger partial charge in [-0.05, 0) is 82.0 Å². The molecule has 3 aliphatic heterocycles. The number of fused-ring (bicyclic) bond motifs is 2. The van der Waals surface area contributed by atoms with E-state index in [1.165, 1.54) is 24.3 Å². The van der Waals surface area contributed by atoms with Gasteiger partial charge in [0.25, 0.3) is 42.2 Å². The molecule has 1 saturated heterocycles. The summed E-state index contributed by atoms with van der Waals surface area (Å²) in [4.78, 5) is 42.7. The molecule has 0 bridgehead atoms. The Balaban J connectivity index is 1.44. The molecule has 16 nitrogen and oxygen atoms in total. The van der Waals surface area contributed by atoms with Crippen molar-refractivity contribution in [3.63, 3.8) is 0 Å². The van der Waals surface area contributed by atoms with Crippen molar-refractivity contribution in [1.82, 2.24) is 5.06 Å². The maximum absolute atomic E-state index is 12.4. The molecule has 0 aliphatic carbocycles. The predicted molar refractivity (Wildman–Crippen MR) is 223 cm³/mol. The van der Waals surface area contributed by atoms with Gasteiger partial charge >= 0.3 is 5.97 Å². The van der Waals surface area contributed by atoms with Gasteiger partial charge in [-0.1, -0.05) is 44.4 Å². The van der Waals surface area contributed by atoms with E-state index in [0.717, 1.165) is 24.2 Å². The third kappa shape index (κ3) is 10.5. The second-order valence-electron chi connectivity index (χ2n) is 15.8. The minimum absolute atomic E-state index is 0.00219. The van der Waals surface area contributed by atoms with E-state index in [0.29, 0.717) is 59.8 Å². The largest absolute Gasteiger partial charge is 0.344 e. The van der Waals surface area contributed by atoms with Crippen LogP contribution in [0.5, 0.6) is 0 Å². The number of allylic oxidation sites excluding steroid dienone is 6. The zero-order chi connectivity index (χ0) is 44.3. The zero-order valence-corrected chi connectivity index (χ0v) is 36.5. The van der Waals surface area contributed by atoms with E-state index in [1.807, 2.05) is 43.6 Å². The topological polar surface area (TPSA) is 233 Å². The summed E-state index contributed by atoms with van der Waals surface area (Å²) < 4.78 is 103. The van der Waals surface area contributed by atoms with E-state index in [9.17, 15) is 53.3 Å². The molecule has 3 heterocycles. The van der Waals surface area contributed by atoms with Gasteiger partial charge in [-0.25, -0.2) is 4.79 Å². The summed E-state index contributed by atoms with van der Waals surface area (Å²) >= 11 is 0. The maximum Gasteiger partial charge on any atom is 0.333 e. The van der Waals surface area contributed by atoms with Crippen LogP contribution >= 0.6 is 0 Å². The monoisotopic (exact) mass is 890 g/mol. The Labute approximate surface area is 351 Å². The first-order valence-corrected chi connectivity index (χ1v) is 24.2. The molecule has 1 atom stereocenters. The number of nitrogens with zero attached hydrogens (tertiary/aromatic N) is 3. The number of hydrogen-bond acceptors (Lipinski definition) is 11. The quantitative estimate of drug-likeness (QED) is 0.0485. The SMILES string of the molecule is CCCCN1C(=CC=CC=CC2=[N+](CCCS(=O)(=O)O)c3ccc(S(=O)(=O)O)cc3C2(C)C)C(C)(CCCCCC(=O)ON2C(=O)CCC2=O)c2cc(S(=O)(=O)O)ccc21. The first-order valence-electron chi connectivity index (χ1n) is 19.7. The Kier molecular flexibility index (Phi) is 14.1. The van der Waals surface area contributed by atoms with Crippen molar-refractivity contribution in [3.05, 3.63) is 83.6 Å². The molecule has 5 rings (SSSR count). The lowest BCUT2D eigenvalue weighted by molar-refractivity contribution is -0.437. The molecule has 1 unspecified atom stereocenters. The van der Waals surface area contributed by atoms with Crippen molar-refractivity contribution in [2.24, 2.45) is 0 Å². The van der Waals surface area contributed by atoms with Crippen LogP contribution < -0.4 is 4.90 Å². The smallest absolute Gasteiger partial charge is 0.333 e. The van der Waals surface area contributed by atoms with Crippen molar-refractivity contribution >= 4 is 65.2 Å². The Bertz CT molecular complexity index is 2490. The van der Waals surface area contributed by atoms with Crippen molar-refractivity contribution in [2.75, 3.05) is 23.7 Å². The lowest BCUT2D eigenvalue weighted by Gasteiger charge is -2.30. The third-order valence-corrected chi connectivity index (χ3v) is 13.7. The Morgan fingerprint density at radius 2 is 1.45 bits per heavy atom. The van der Waals surface area contributed by atoms with Crippen LogP contribution in [-0.4, -0.2) is 90.9 Å². The molecule has 19 heteroatoms. The van der Waals surface area contributed by atoms with E-state index in [-0.39, 0.29) is 42.0 Å². The third-order valence-electron chi connectivity index (χ3n) is 11.2. The van der Waals surface area contributed by atoms with E-state index < -0.39 is 64.7 Å². The standard InChI is InChI=1S/C41H51N3O13S3/c1-5-6-24-43-34-20-18-30(60(54,55)56)28-32(34)41(4,23-12-8-11-16-39(47)57-44-37(45)21-22-38(44)46)36(43)15-10-7-9-14-35-40(2,3)31-27-29(59(51,52)53)17-19-33(31)42(35)25-13-26-58(48,49)50/h7,9-10,14-15,17-20,27-28H,5-6,8,11-13,16,21-26H2,1-4H3,(H2-,48,49,50,51,52,53,54,55,56)/p+1. The Hall–Kier alpha value is -4.53. The summed E-state index contributed by atoms with van der Waals surface area (Å²) in [6, 6.07) is 8.77. The van der Waals surface area contributed by atoms with Crippen LogP contribution in [0.4, 0.5) is 11.4 Å². The highest BCUT2D eigenvalue weighted by Gasteiger charge is 2.46. The highest BCUT2D eigenvalue weighted by Crippen LogP contribution is 2.51. The zero-order valence-electron chi connectivity index (χ0n) is 34.0. The van der Waals surface area contributed by atoms with Crippen LogP contribution in [0.3, 0.4) is 0 Å². The van der Waals surface area contributed by atoms with Crippen molar-refractivity contribution in [1.29, 1.82) is 0 Å². The van der Waals surface area contributed by atoms with Gasteiger partial charge in [-0.2, -0.15) is 29.8 Å². The maximum atomic E-state index is 12.4. The van der Waals surface area contributed by atoms with Crippen LogP contribution in [0.2, 0.25) is 0 Å². The minimum Gasteiger partial charge on any atom is -0.344 e. The lowest BCUT2D eigenvalue weighted by Crippen LogP contribution is -2.32. The number of hydroxylamine groups is 2. The van der Waals surface area contributed by atoms with Crippen LogP contribution in [0.25, 0.3) is 0 Å². The molecule has 0 spiro atoms. The van der Waals surface area contributed by atoms with E-state index >= 15 is 0 Å². The highest BCUT2D eigenvalue weighted by atomic mass is 32.2. The van der Waals surface area contributed by atoms with Gasteiger partial charge in [0.05, 0.1) is 21.0 Å². The van der Waals surface area contributed by atoms with E-state index in [1.54, 1.807) is 24.3 Å². The van der Waals surface area contributed by atoms with Crippen LogP contribution in [-0.2, 0) is 60.4 Å². The molecule has 60 heavy (non-hydrogen) atoms. The predicted octanol–water partition coefficient (Wildman–Crippen LogP) is 5.97. The number of anilines is 1. The first-order chi connectivity index (χ1) is 28.0. The van der Waals surface area contributed by atoms with Gasteiger partial charge in [0.2, 0.25) is 5.69 Å². The number of benzene rings is 2. The molecule has 2 aromatic rings. The summed E-state index contributed by atoms with van der Waals surface area (Å²) in [6.45, 7) is 8.61. The fourth-order valence-electron chi connectivity index (χ4n) is 8.06. The number of imide groups is 1. The fourth-order valence-corrected chi connectivity index (χ4v) is 9.57. The molecule has 0 radical (unpaired) electrons. The van der Waals surface area contributed by atoms with Crippen molar-refractivity contribution in [2.45, 2.75) is 113 Å². The fraction of sp³-hybridized carbons (Fsp3) is 0.463. The van der Waals surface area contributed by atoms with Crippen LogP contribution in [0, 0.1) is 0 Å². The molecule has 3 N–H and O–H groups in total. The Morgan fingerprint density at radius 1 is 0.817 bits per heavy atom. The van der Waals surface area contributed by atoms with Crippen LogP contribution in [0.15, 0.2) is 82.3 Å². The number of amides is 2. The van der Waals surface area contributed by atoms with Gasteiger partial charge in [-0.3, -0.25) is 23.2 Å².